The summed E-state index contributed by atoms with van der Waals surface area (Å²) in [5.41, 5.74) is -1.89. The van der Waals surface area contributed by atoms with Gasteiger partial charge in [0.2, 0.25) is 0 Å². The summed E-state index contributed by atoms with van der Waals surface area (Å²) < 4.78 is 18.5. The third-order valence-corrected chi connectivity index (χ3v) is 3.44. The molecule has 1 N–H and O–H groups in total. The highest BCUT2D eigenvalue weighted by atomic mass is 19.1. The van der Waals surface area contributed by atoms with Gasteiger partial charge in [-0.15, -0.1) is 0 Å². The summed E-state index contributed by atoms with van der Waals surface area (Å²) in [6.45, 7) is 5.88. The van der Waals surface area contributed by atoms with Gasteiger partial charge in [0.25, 0.3) is 5.91 Å². The van der Waals surface area contributed by atoms with Crippen LogP contribution in [-0.2, 0) is 4.79 Å². The van der Waals surface area contributed by atoms with Gasteiger partial charge in [0.1, 0.15) is 11.6 Å². The molecule has 1 unspecified atom stereocenters. The molecular weight excluding hydrogens is 261 g/mol. The second kappa shape index (κ2) is 5.05. The molecule has 1 aliphatic heterocycles. The molecule has 1 aromatic carbocycles. The van der Waals surface area contributed by atoms with Crippen molar-refractivity contribution in [3.05, 3.63) is 30.1 Å². The third-order valence-electron chi connectivity index (χ3n) is 3.44. The molecule has 0 aromatic heterocycles. The molecule has 0 radical (unpaired) electrons. The van der Waals surface area contributed by atoms with Crippen molar-refractivity contribution in [3.8, 4) is 5.75 Å². The van der Waals surface area contributed by atoms with Crippen LogP contribution >= 0.6 is 0 Å². The number of benzene rings is 1. The lowest BCUT2D eigenvalue weighted by Gasteiger charge is -2.30. The molecule has 20 heavy (non-hydrogen) atoms. The van der Waals surface area contributed by atoms with Crippen LogP contribution in [0.5, 0.6) is 5.75 Å². The van der Waals surface area contributed by atoms with Gasteiger partial charge in [-0.2, -0.15) is 0 Å². The van der Waals surface area contributed by atoms with Gasteiger partial charge in [-0.3, -0.25) is 4.79 Å². The Morgan fingerprint density at radius 2 is 2.00 bits per heavy atom. The maximum Gasteiger partial charge on any atom is 0.266 e. The zero-order valence-electron chi connectivity index (χ0n) is 12.0. The fourth-order valence-corrected chi connectivity index (χ4v) is 2.34. The highest BCUT2D eigenvalue weighted by molar-refractivity contribution is 5.85. The lowest BCUT2D eigenvalue weighted by atomic mass is 10.1. The minimum Gasteiger partial charge on any atom is -0.478 e. The molecule has 0 saturated carbocycles. The van der Waals surface area contributed by atoms with E-state index in [2.05, 4.69) is 0 Å². The fraction of sp³-hybridized carbons (Fsp3) is 0.533. The number of amides is 1. The van der Waals surface area contributed by atoms with Gasteiger partial charge in [-0.05, 0) is 51.5 Å². The van der Waals surface area contributed by atoms with E-state index in [1.54, 1.807) is 25.7 Å². The van der Waals surface area contributed by atoms with Crippen LogP contribution in [0.25, 0.3) is 0 Å². The number of carbonyl (C=O) groups is 1. The van der Waals surface area contributed by atoms with Gasteiger partial charge in [-0.1, -0.05) is 0 Å². The molecule has 1 heterocycles. The Balaban J connectivity index is 2.06. The molecule has 0 bridgehead atoms. The molecule has 0 spiro atoms. The molecule has 1 atom stereocenters. The number of hydrogen-bond acceptors (Lipinski definition) is 3. The first-order chi connectivity index (χ1) is 9.20. The minimum atomic E-state index is -1.06. The normalized spacial score (nSPS) is 22.9. The second-order valence-electron chi connectivity index (χ2n) is 6.04. The van der Waals surface area contributed by atoms with E-state index in [4.69, 9.17) is 4.74 Å². The molecule has 4 nitrogen and oxygen atoms in total. The number of rotatable bonds is 3. The average Bonchev–Trinajstić information content (AvgIpc) is 2.71. The van der Waals surface area contributed by atoms with E-state index in [0.29, 0.717) is 25.3 Å². The Hall–Kier alpha value is -1.62. The van der Waals surface area contributed by atoms with Gasteiger partial charge in [0.05, 0.1) is 5.60 Å². The largest absolute Gasteiger partial charge is 0.478 e. The van der Waals surface area contributed by atoms with Crippen molar-refractivity contribution in [1.82, 2.24) is 4.90 Å². The quantitative estimate of drug-likeness (QED) is 0.921. The van der Waals surface area contributed by atoms with Crippen molar-refractivity contribution in [1.29, 1.82) is 0 Å². The van der Waals surface area contributed by atoms with Crippen molar-refractivity contribution in [2.45, 2.75) is 38.4 Å². The smallest absolute Gasteiger partial charge is 0.266 e. The van der Waals surface area contributed by atoms with E-state index in [9.17, 15) is 14.3 Å². The van der Waals surface area contributed by atoms with Crippen LogP contribution in [0.2, 0.25) is 0 Å². The van der Waals surface area contributed by atoms with E-state index in [1.807, 2.05) is 0 Å². The number of aliphatic hydroxyl groups is 1. The zero-order chi connectivity index (χ0) is 15.0. The summed E-state index contributed by atoms with van der Waals surface area (Å²) in [5.74, 6) is -0.0904. The predicted octanol–water partition coefficient (Wildman–Crippen LogP) is 1.97. The Morgan fingerprint density at radius 1 is 1.40 bits per heavy atom. The molecule has 1 aliphatic rings. The van der Waals surface area contributed by atoms with Crippen LogP contribution in [0, 0.1) is 5.82 Å². The van der Waals surface area contributed by atoms with Crippen LogP contribution in [0.4, 0.5) is 4.39 Å². The van der Waals surface area contributed by atoms with E-state index < -0.39 is 11.2 Å². The summed E-state index contributed by atoms with van der Waals surface area (Å²) in [4.78, 5) is 14.0. The maximum absolute atomic E-state index is 12.9. The monoisotopic (exact) mass is 281 g/mol. The molecule has 1 amide bonds. The average molecular weight is 281 g/mol. The fourth-order valence-electron chi connectivity index (χ4n) is 2.34. The van der Waals surface area contributed by atoms with Gasteiger partial charge < -0.3 is 14.7 Å². The van der Waals surface area contributed by atoms with Crippen molar-refractivity contribution in [3.63, 3.8) is 0 Å². The molecular formula is C15H20FNO3. The molecule has 2 rings (SSSR count). The van der Waals surface area contributed by atoms with E-state index >= 15 is 0 Å². The number of β-amino-alcohol motifs (C(OH)–C–C–N with tert-alkyl or cyclic N) is 1. The first-order valence-electron chi connectivity index (χ1n) is 6.66. The lowest BCUT2D eigenvalue weighted by Crippen LogP contribution is -2.49. The highest BCUT2D eigenvalue weighted by Crippen LogP contribution is 2.26. The molecule has 110 valence electrons. The van der Waals surface area contributed by atoms with Gasteiger partial charge >= 0.3 is 0 Å². The number of likely N-dealkylation sites (tertiary alicyclic amines) is 1. The maximum atomic E-state index is 12.9. The standard InChI is InChI=1S/C15H20FNO3/c1-14(2,20-12-6-4-11(16)5-7-12)13(18)17-9-8-15(3,19)10-17/h4-7,19H,8-10H2,1-3H3. The zero-order valence-corrected chi connectivity index (χ0v) is 12.0. The Bertz CT molecular complexity index is 496. The van der Waals surface area contributed by atoms with E-state index in [1.165, 1.54) is 24.3 Å². The number of nitrogens with zero attached hydrogens (tertiary/aromatic N) is 1. The van der Waals surface area contributed by atoms with Crippen molar-refractivity contribution in [2.75, 3.05) is 13.1 Å². The summed E-state index contributed by atoms with van der Waals surface area (Å²) in [6.07, 6.45) is 0.561. The summed E-state index contributed by atoms with van der Waals surface area (Å²) in [6, 6.07) is 5.56. The number of hydrogen-bond donors (Lipinski definition) is 1. The van der Waals surface area contributed by atoms with Gasteiger partial charge in [0.15, 0.2) is 5.60 Å². The van der Waals surface area contributed by atoms with Crippen molar-refractivity contribution in [2.24, 2.45) is 0 Å². The molecule has 5 heteroatoms. The first kappa shape index (κ1) is 14.8. The molecule has 1 fully saturated rings. The van der Waals surface area contributed by atoms with E-state index in [-0.39, 0.29) is 11.7 Å². The summed E-state index contributed by atoms with van der Waals surface area (Å²) >= 11 is 0. The Morgan fingerprint density at radius 3 is 2.50 bits per heavy atom. The summed E-state index contributed by atoms with van der Waals surface area (Å²) in [5, 5.41) is 9.92. The van der Waals surface area contributed by atoms with Crippen LogP contribution in [0.1, 0.15) is 27.2 Å². The Labute approximate surface area is 118 Å². The van der Waals surface area contributed by atoms with Crippen LogP contribution in [-0.4, -0.2) is 40.2 Å². The molecule has 0 aliphatic carbocycles. The number of carbonyl (C=O) groups excluding carboxylic acids is 1. The lowest BCUT2D eigenvalue weighted by molar-refractivity contribution is -0.145. The highest BCUT2D eigenvalue weighted by Gasteiger charge is 2.41. The summed E-state index contributed by atoms with van der Waals surface area (Å²) in [7, 11) is 0. The van der Waals surface area contributed by atoms with Crippen LogP contribution in [0.3, 0.4) is 0 Å². The number of ether oxygens (including phenoxy) is 1. The van der Waals surface area contributed by atoms with Crippen LogP contribution < -0.4 is 4.74 Å². The topological polar surface area (TPSA) is 49.8 Å². The minimum absolute atomic E-state index is 0.181. The van der Waals surface area contributed by atoms with Gasteiger partial charge in [0, 0.05) is 13.1 Å². The Kier molecular flexibility index (Phi) is 3.73. The second-order valence-corrected chi connectivity index (χ2v) is 6.04. The van der Waals surface area contributed by atoms with Crippen molar-refractivity contribution >= 4 is 5.91 Å². The van der Waals surface area contributed by atoms with Gasteiger partial charge in [-0.25, -0.2) is 4.39 Å². The molecule has 1 aromatic rings. The molecule has 1 saturated heterocycles. The van der Waals surface area contributed by atoms with Crippen LogP contribution in [0.15, 0.2) is 24.3 Å². The van der Waals surface area contributed by atoms with E-state index in [0.717, 1.165) is 0 Å². The first-order valence-corrected chi connectivity index (χ1v) is 6.66. The SMILES string of the molecule is CC1(O)CCN(C(=O)C(C)(C)Oc2ccc(F)cc2)C1. The number of halogens is 1. The van der Waals surface area contributed by atoms with Crippen molar-refractivity contribution < 1.29 is 19.0 Å². The third kappa shape index (κ3) is 3.28. The predicted molar refractivity (Wildman–Crippen MR) is 72.9 cm³/mol.